The quantitative estimate of drug-likeness (QED) is 0.785. The first-order valence-electron chi connectivity index (χ1n) is 7.85. The Morgan fingerprint density at radius 3 is 2.27 bits per heavy atom. The summed E-state index contributed by atoms with van der Waals surface area (Å²) in [6.07, 6.45) is 0. The Balaban J connectivity index is 2.08. The van der Waals surface area contributed by atoms with E-state index in [1.54, 1.807) is 0 Å². The number of ether oxygens (including phenoxy) is 1. The van der Waals surface area contributed by atoms with Gasteiger partial charge in [0.05, 0.1) is 23.6 Å². The van der Waals surface area contributed by atoms with Crippen LogP contribution in [0.15, 0.2) is 35.2 Å². The van der Waals surface area contributed by atoms with Gasteiger partial charge in [0.15, 0.2) is 0 Å². The van der Waals surface area contributed by atoms with Gasteiger partial charge in [0.25, 0.3) is 0 Å². The van der Waals surface area contributed by atoms with Gasteiger partial charge in [-0.25, -0.2) is 13.1 Å². The van der Waals surface area contributed by atoms with Crippen LogP contribution in [0.4, 0.5) is 5.69 Å². The molecule has 0 bridgehead atoms. The Morgan fingerprint density at radius 2 is 1.73 bits per heavy atom. The number of halogens is 1. The third-order valence-electron chi connectivity index (χ3n) is 3.80. The van der Waals surface area contributed by atoms with Gasteiger partial charge >= 0.3 is 0 Å². The predicted octanol–water partition coefficient (Wildman–Crippen LogP) is 3.19. The maximum Gasteiger partial charge on any atom is 0.241 e. The number of hydrogen-bond donors (Lipinski definition) is 2. The topological polar surface area (TPSA) is 84.5 Å². The van der Waals surface area contributed by atoms with E-state index in [-0.39, 0.29) is 9.92 Å². The highest BCUT2D eigenvalue weighted by Gasteiger charge is 2.18. The van der Waals surface area contributed by atoms with Crippen LogP contribution < -0.4 is 14.8 Å². The van der Waals surface area contributed by atoms with Crippen LogP contribution >= 0.6 is 11.6 Å². The van der Waals surface area contributed by atoms with E-state index >= 15 is 0 Å². The number of carbonyl (C=O) groups excluding carboxylic acids is 1. The predicted molar refractivity (Wildman–Crippen MR) is 102 cm³/mol. The molecule has 6 nitrogen and oxygen atoms in total. The number of methoxy groups -OCH3 is 1. The first kappa shape index (κ1) is 20.2. The lowest BCUT2D eigenvalue weighted by Gasteiger charge is -2.13. The minimum atomic E-state index is -3.87. The van der Waals surface area contributed by atoms with Crippen LogP contribution in [-0.4, -0.2) is 28.0 Å². The molecular formula is C18H21ClN2O4S. The molecule has 0 atom stereocenters. The van der Waals surface area contributed by atoms with Gasteiger partial charge < -0.3 is 10.1 Å². The highest BCUT2D eigenvalue weighted by molar-refractivity contribution is 7.89. The van der Waals surface area contributed by atoms with Gasteiger partial charge in [-0.1, -0.05) is 29.3 Å². The molecular weight excluding hydrogens is 376 g/mol. The fourth-order valence-electron chi connectivity index (χ4n) is 2.62. The number of carbonyl (C=O) groups is 1. The fourth-order valence-corrected chi connectivity index (χ4v) is 3.95. The largest absolute Gasteiger partial charge is 0.495 e. The van der Waals surface area contributed by atoms with Crippen molar-refractivity contribution in [2.75, 3.05) is 19.0 Å². The Bertz CT molecular complexity index is 919. The molecule has 2 aromatic carbocycles. The lowest BCUT2D eigenvalue weighted by molar-refractivity contribution is -0.115. The maximum atomic E-state index is 12.3. The molecule has 0 aliphatic carbocycles. The molecule has 0 saturated carbocycles. The van der Waals surface area contributed by atoms with Crippen molar-refractivity contribution in [3.63, 3.8) is 0 Å². The van der Waals surface area contributed by atoms with Crippen LogP contribution in [0.2, 0.25) is 5.02 Å². The first-order chi connectivity index (χ1) is 12.1. The Kier molecular flexibility index (Phi) is 6.28. The number of sulfonamides is 1. The molecule has 140 valence electrons. The fraction of sp³-hybridized carbons (Fsp3) is 0.278. The zero-order valence-corrected chi connectivity index (χ0v) is 16.6. The van der Waals surface area contributed by atoms with Crippen LogP contribution in [0, 0.1) is 20.8 Å². The summed E-state index contributed by atoms with van der Waals surface area (Å²) in [5, 5.41) is 2.92. The lowest BCUT2D eigenvalue weighted by Crippen LogP contribution is -2.33. The first-order valence-corrected chi connectivity index (χ1v) is 9.71. The number of anilines is 1. The van der Waals surface area contributed by atoms with Gasteiger partial charge in [-0.2, -0.15) is 0 Å². The van der Waals surface area contributed by atoms with Crippen molar-refractivity contribution in [2.45, 2.75) is 25.7 Å². The maximum absolute atomic E-state index is 12.3. The molecule has 0 aromatic heterocycles. The summed E-state index contributed by atoms with van der Waals surface area (Å²) in [5.74, 6) is -0.0862. The van der Waals surface area contributed by atoms with E-state index in [0.29, 0.717) is 11.4 Å². The second-order valence-corrected chi connectivity index (χ2v) is 8.12. The van der Waals surface area contributed by atoms with Crippen molar-refractivity contribution < 1.29 is 17.9 Å². The molecule has 0 aliphatic heterocycles. The molecule has 8 heteroatoms. The van der Waals surface area contributed by atoms with E-state index in [1.165, 1.54) is 25.3 Å². The molecule has 0 heterocycles. The highest BCUT2D eigenvalue weighted by Crippen LogP contribution is 2.27. The van der Waals surface area contributed by atoms with Crippen LogP contribution in [0.25, 0.3) is 0 Å². The Hall–Kier alpha value is -2.09. The molecule has 2 N–H and O–H groups in total. The SMILES string of the molecule is COc1ccc(S(=O)(=O)NCC(=O)Nc2c(C)cc(C)cc2C)cc1Cl. The molecule has 2 aromatic rings. The average Bonchev–Trinajstić information content (AvgIpc) is 2.56. The molecule has 0 aliphatic rings. The van der Waals surface area contributed by atoms with Gasteiger partial charge in [-0.3, -0.25) is 4.79 Å². The summed E-state index contributed by atoms with van der Waals surface area (Å²) < 4.78 is 31.9. The number of hydrogen-bond acceptors (Lipinski definition) is 4. The molecule has 2 rings (SSSR count). The minimum absolute atomic E-state index is 0.0428. The van der Waals surface area contributed by atoms with Crippen molar-refractivity contribution in [1.29, 1.82) is 0 Å². The van der Waals surface area contributed by atoms with Gasteiger partial charge in [0, 0.05) is 5.69 Å². The molecule has 0 spiro atoms. The number of aryl methyl sites for hydroxylation is 3. The Morgan fingerprint density at radius 1 is 1.12 bits per heavy atom. The normalized spacial score (nSPS) is 11.3. The highest BCUT2D eigenvalue weighted by atomic mass is 35.5. The van der Waals surface area contributed by atoms with Gasteiger partial charge in [-0.05, 0) is 50.1 Å². The van der Waals surface area contributed by atoms with E-state index in [4.69, 9.17) is 16.3 Å². The van der Waals surface area contributed by atoms with Crippen molar-refractivity contribution in [3.05, 3.63) is 52.0 Å². The number of benzene rings is 2. The molecule has 26 heavy (non-hydrogen) atoms. The summed E-state index contributed by atoms with van der Waals surface area (Å²) in [5.41, 5.74) is 3.61. The molecule has 0 saturated heterocycles. The van der Waals surface area contributed by atoms with Crippen LogP contribution in [0.3, 0.4) is 0 Å². The molecule has 1 amide bonds. The van der Waals surface area contributed by atoms with Crippen molar-refractivity contribution in [3.8, 4) is 5.75 Å². The minimum Gasteiger partial charge on any atom is -0.495 e. The van der Waals surface area contributed by atoms with Crippen molar-refractivity contribution >= 4 is 33.2 Å². The second kappa shape index (κ2) is 8.07. The van der Waals surface area contributed by atoms with E-state index in [1.807, 2.05) is 32.9 Å². The summed E-state index contributed by atoms with van der Waals surface area (Å²) >= 11 is 5.96. The van der Waals surface area contributed by atoms with Crippen molar-refractivity contribution in [1.82, 2.24) is 4.72 Å². The summed E-state index contributed by atoms with van der Waals surface area (Å²) in [4.78, 5) is 12.1. The second-order valence-electron chi connectivity index (χ2n) is 5.94. The number of rotatable bonds is 6. The average molecular weight is 397 g/mol. The standard InChI is InChI=1S/C18H21ClN2O4S/c1-11-7-12(2)18(13(3)8-11)21-17(22)10-20-26(23,24)14-5-6-16(25-4)15(19)9-14/h5-9,20H,10H2,1-4H3,(H,21,22). The van der Waals surface area contributed by atoms with Gasteiger partial charge in [0.2, 0.25) is 15.9 Å². The third-order valence-corrected chi connectivity index (χ3v) is 5.49. The van der Waals surface area contributed by atoms with E-state index in [2.05, 4.69) is 10.0 Å². The zero-order valence-electron chi connectivity index (χ0n) is 15.0. The van der Waals surface area contributed by atoms with Gasteiger partial charge in [0.1, 0.15) is 5.75 Å². The summed E-state index contributed by atoms with van der Waals surface area (Å²) in [7, 11) is -2.44. The van der Waals surface area contributed by atoms with E-state index < -0.39 is 22.5 Å². The van der Waals surface area contributed by atoms with Crippen LogP contribution in [-0.2, 0) is 14.8 Å². The molecule has 0 radical (unpaired) electrons. The van der Waals surface area contributed by atoms with Crippen molar-refractivity contribution in [2.24, 2.45) is 0 Å². The lowest BCUT2D eigenvalue weighted by atomic mass is 10.1. The Labute approximate surface area is 158 Å². The number of amides is 1. The van der Waals surface area contributed by atoms with Crippen LogP contribution in [0.1, 0.15) is 16.7 Å². The molecule has 0 unspecified atom stereocenters. The monoisotopic (exact) mass is 396 g/mol. The smallest absolute Gasteiger partial charge is 0.241 e. The number of nitrogens with one attached hydrogen (secondary N) is 2. The summed E-state index contributed by atoms with van der Waals surface area (Å²) in [6.45, 7) is 5.36. The zero-order chi connectivity index (χ0) is 19.5. The van der Waals surface area contributed by atoms with Crippen LogP contribution in [0.5, 0.6) is 5.75 Å². The molecule has 0 fully saturated rings. The third kappa shape index (κ3) is 4.75. The van der Waals surface area contributed by atoms with Gasteiger partial charge in [-0.15, -0.1) is 0 Å². The van der Waals surface area contributed by atoms with E-state index in [9.17, 15) is 13.2 Å². The summed E-state index contributed by atoms with van der Waals surface area (Å²) in [6, 6.07) is 7.99. The van der Waals surface area contributed by atoms with E-state index in [0.717, 1.165) is 16.7 Å².